The average Bonchev–Trinajstić information content (AvgIpc) is 2.29. The van der Waals surface area contributed by atoms with Crippen LogP contribution in [0.2, 0.25) is 0 Å². The zero-order valence-electron chi connectivity index (χ0n) is 10.8. The summed E-state index contributed by atoms with van der Waals surface area (Å²) in [5.74, 6) is 0. The molecular weight excluding hydrogens is 196 g/mol. The van der Waals surface area contributed by atoms with Gasteiger partial charge in [0.2, 0.25) is 0 Å². The molecule has 1 fully saturated rings. The van der Waals surface area contributed by atoms with Gasteiger partial charge in [-0.15, -0.1) is 0 Å². The molecule has 0 spiro atoms. The van der Waals surface area contributed by atoms with Gasteiger partial charge < -0.3 is 4.74 Å². The Balaban J connectivity index is 2.00. The first-order valence-electron chi connectivity index (χ1n) is 7.21. The summed E-state index contributed by atoms with van der Waals surface area (Å²) in [5, 5.41) is 0. The van der Waals surface area contributed by atoms with E-state index in [1.54, 1.807) is 0 Å². The molecule has 1 rings (SSSR count). The third kappa shape index (κ3) is 9.21. The molecular formula is C15H28O. The normalized spacial score (nSPS) is 24.0. The maximum absolute atomic E-state index is 5.57. The Labute approximate surface area is 102 Å². The molecule has 2 radical (unpaired) electrons. The van der Waals surface area contributed by atoms with Crippen molar-refractivity contribution in [2.75, 3.05) is 13.2 Å². The zero-order valence-corrected chi connectivity index (χ0v) is 10.8. The van der Waals surface area contributed by atoms with Crippen LogP contribution in [0.1, 0.15) is 70.6 Å². The van der Waals surface area contributed by atoms with Crippen LogP contribution in [-0.4, -0.2) is 13.2 Å². The summed E-state index contributed by atoms with van der Waals surface area (Å²) in [7, 11) is 0. The van der Waals surface area contributed by atoms with Crippen LogP contribution in [0.3, 0.4) is 0 Å². The van der Waals surface area contributed by atoms with Crippen molar-refractivity contribution in [1.29, 1.82) is 0 Å². The molecule has 1 heterocycles. The zero-order chi connectivity index (χ0) is 11.3. The van der Waals surface area contributed by atoms with E-state index in [4.69, 9.17) is 4.74 Å². The lowest BCUT2D eigenvalue weighted by atomic mass is 10.0. The van der Waals surface area contributed by atoms with E-state index in [0.717, 1.165) is 13.2 Å². The van der Waals surface area contributed by atoms with Crippen molar-refractivity contribution < 1.29 is 4.74 Å². The molecule has 0 aromatic heterocycles. The highest BCUT2D eigenvalue weighted by molar-refractivity contribution is 4.66. The smallest absolute Gasteiger partial charge is 0.0497 e. The molecule has 0 atom stereocenters. The van der Waals surface area contributed by atoms with E-state index in [-0.39, 0.29) is 0 Å². The lowest BCUT2D eigenvalue weighted by molar-refractivity contribution is 0.147. The Morgan fingerprint density at radius 2 is 1.12 bits per heavy atom. The molecule has 16 heavy (non-hydrogen) atoms. The second-order valence-corrected chi connectivity index (χ2v) is 4.85. The first-order valence-corrected chi connectivity index (χ1v) is 7.21. The summed E-state index contributed by atoms with van der Waals surface area (Å²) >= 11 is 0. The lowest BCUT2D eigenvalue weighted by Crippen LogP contribution is -1.98. The summed E-state index contributed by atoms with van der Waals surface area (Å²) in [5.41, 5.74) is 0. The molecule has 0 bridgehead atoms. The number of hydrogen-bond acceptors (Lipinski definition) is 1. The van der Waals surface area contributed by atoms with Crippen LogP contribution >= 0.6 is 0 Å². The molecule has 1 heteroatoms. The van der Waals surface area contributed by atoms with Crippen molar-refractivity contribution in [3.63, 3.8) is 0 Å². The van der Waals surface area contributed by atoms with Crippen LogP contribution in [0, 0.1) is 12.8 Å². The summed E-state index contributed by atoms with van der Waals surface area (Å²) in [6.45, 7) is 1.82. The SMILES string of the molecule is [CH]1CCCCCCC[CH]COCCCCC1. The molecule has 1 saturated heterocycles. The van der Waals surface area contributed by atoms with Crippen molar-refractivity contribution in [3.8, 4) is 0 Å². The van der Waals surface area contributed by atoms with Gasteiger partial charge in [-0.05, 0) is 25.7 Å². The van der Waals surface area contributed by atoms with Crippen LogP contribution in [-0.2, 0) is 4.74 Å². The average molecular weight is 224 g/mol. The van der Waals surface area contributed by atoms with Gasteiger partial charge in [0.25, 0.3) is 0 Å². The molecule has 94 valence electrons. The molecule has 1 aliphatic rings. The van der Waals surface area contributed by atoms with Gasteiger partial charge in [-0.3, -0.25) is 0 Å². The fraction of sp³-hybridized carbons (Fsp3) is 0.867. The number of hydrogen-bond donors (Lipinski definition) is 0. The van der Waals surface area contributed by atoms with Gasteiger partial charge in [-0.25, -0.2) is 0 Å². The first kappa shape index (κ1) is 14.0. The monoisotopic (exact) mass is 224 g/mol. The molecule has 1 aliphatic heterocycles. The van der Waals surface area contributed by atoms with Crippen LogP contribution in [0.4, 0.5) is 0 Å². The summed E-state index contributed by atoms with van der Waals surface area (Å²) in [6, 6.07) is 0. The van der Waals surface area contributed by atoms with E-state index in [9.17, 15) is 0 Å². The minimum Gasteiger partial charge on any atom is -0.381 e. The topological polar surface area (TPSA) is 9.23 Å². The molecule has 0 aromatic rings. The van der Waals surface area contributed by atoms with Crippen LogP contribution in [0.25, 0.3) is 0 Å². The first-order chi connectivity index (χ1) is 8.00. The Morgan fingerprint density at radius 3 is 1.88 bits per heavy atom. The predicted molar refractivity (Wildman–Crippen MR) is 70.2 cm³/mol. The van der Waals surface area contributed by atoms with Crippen LogP contribution < -0.4 is 0 Å². The minimum absolute atomic E-state index is 0.867. The van der Waals surface area contributed by atoms with Gasteiger partial charge >= 0.3 is 0 Å². The maximum atomic E-state index is 5.57. The third-order valence-corrected chi connectivity index (χ3v) is 3.25. The summed E-state index contributed by atoms with van der Waals surface area (Å²) in [6.07, 6.45) is 19.6. The van der Waals surface area contributed by atoms with Crippen LogP contribution in [0.5, 0.6) is 0 Å². The third-order valence-electron chi connectivity index (χ3n) is 3.25. The van der Waals surface area contributed by atoms with Crippen molar-refractivity contribution in [1.82, 2.24) is 0 Å². The van der Waals surface area contributed by atoms with Gasteiger partial charge in [-0.2, -0.15) is 0 Å². The van der Waals surface area contributed by atoms with Crippen molar-refractivity contribution in [2.45, 2.75) is 70.6 Å². The highest BCUT2D eigenvalue weighted by Crippen LogP contribution is 2.12. The number of rotatable bonds is 0. The van der Waals surface area contributed by atoms with Crippen molar-refractivity contribution in [3.05, 3.63) is 12.8 Å². The predicted octanol–water partition coefficient (Wildman–Crippen LogP) is 4.72. The van der Waals surface area contributed by atoms with E-state index in [2.05, 4.69) is 12.8 Å². The molecule has 0 aliphatic carbocycles. The van der Waals surface area contributed by atoms with Crippen molar-refractivity contribution >= 4 is 0 Å². The van der Waals surface area contributed by atoms with Crippen LogP contribution in [0.15, 0.2) is 0 Å². The standard InChI is InChI=1S/C15H28O/c1-2-4-6-8-10-12-14-16-15-13-11-9-7-5-3-1/h4,13H,1-3,5-12,14-15H2. The summed E-state index contributed by atoms with van der Waals surface area (Å²) < 4.78 is 5.57. The molecule has 1 nitrogen and oxygen atoms in total. The minimum atomic E-state index is 0.867. The Kier molecular flexibility index (Phi) is 10.0. The Hall–Kier alpha value is -0.0400. The van der Waals surface area contributed by atoms with E-state index < -0.39 is 0 Å². The highest BCUT2D eigenvalue weighted by atomic mass is 16.5. The lowest BCUT2D eigenvalue weighted by Gasteiger charge is -2.06. The maximum Gasteiger partial charge on any atom is 0.0497 e. The van der Waals surface area contributed by atoms with Crippen molar-refractivity contribution in [2.24, 2.45) is 0 Å². The van der Waals surface area contributed by atoms with Gasteiger partial charge in [0.05, 0.1) is 0 Å². The van der Waals surface area contributed by atoms with E-state index in [0.29, 0.717) is 0 Å². The Bertz CT molecular complexity index is 69.4. The number of ether oxygens (including phenoxy) is 1. The molecule has 0 amide bonds. The van der Waals surface area contributed by atoms with Gasteiger partial charge in [0.15, 0.2) is 0 Å². The van der Waals surface area contributed by atoms with E-state index in [1.807, 2.05) is 0 Å². The van der Waals surface area contributed by atoms with Gasteiger partial charge in [-0.1, -0.05) is 57.8 Å². The largest absolute Gasteiger partial charge is 0.381 e. The fourth-order valence-electron chi connectivity index (χ4n) is 2.17. The molecule has 0 saturated carbocycles. The van der Waals surface area contributed by atoms with E-state index >= 15 is 0 Å². The molecule has 0 aromatic carbocycles. The fourth-order valence-corrected chi connectivity index (χ4v) is 2.17. The quantitative estimate of drug-likeness (QED) is 0.578. The second-order valence-electron chi connectivity index (χ2n) is 4.85. The van der Waals surface area contributed by atoms with E-state index in [1.165, 1.54) is 70.6 Å². The Morgan fingerprint density at radius 1 is 0.562 bits per heavy atom. The van der Waals surface area contributed by atoms with Gasteiger partial charge in [0, 0.05) is 13.2 Å². The highest BCUT2D eigenvalue weighted by Gasteiger charge is 1.96. The second kappa shape index (κ2) is 11.4. The van der Waals surface area contributed by atoms with Gasteiger partial charge in [0.1, 0.15) is 0 Å². The molecule has 0 N–H and O–H groups in total. The summed E-state index contributed by atoms with van der Waals surface area (Å²) in [4.78, 5) is 0. The molecule has 0 unspecified atom stereocenters.